The molecule has 0 aliphatic rings. The average Bonchev–Trinajstić information content (AvgIpc) is 2.38. The van der Waals surface area contributed by atoms with Crippen molar-refractivity contribution in [2.75, 3.05) is 29.9 Å². The number of hydrogen-bond donors (Lipinski definition) is 3. The first kappa shape index (κ1) is 17.8. The standard InChI is InChI=1S/C13H20N2O4S2/c1-3-15-21(18,19)9-8-14-10-6-5-7-11(20-4-2)12(10)13(16)17/h5-7,14-15H,3-4,8-9H2,1-2H3,(H,16,17). The van der Waals surface area contributed by atoms with Gasteiger partial charge in [0.15, 0.2) is 0 Å². The number of carboxylic acid groups (broad SMARTS) is 1. The molecule has 0 spiro atoms. The third-order valence-corrected chi connectivity index (χ3v) is 5.00. The molecule has 0 amide bonds. The van der Waals surface area contributed by atoms with E-state index in [1.54, 1.807) is 25.1 Å². The highest BCUT2D eigenvalue weighted by atomic mass is 32.2. The quantitative estimate of drug-likeness (QED) is 0.597. The van der Waals surface area contributed by atoms with Crippen LogP contribution in [0.2, 0.25) is 0 Å². The van der Waals surface area contributed by atoms with Crippen molar-refractivity contribution in [3.63, 3.8) is 0 Å². The number of carbonyl (C=O) groups is 1. The summed E-state index contributed by atoms with van der Waals surface area (Å²) in [4.78, 5) is 12.1. The average molecular weight is 332 g/mol. The van der Waals surface area contributed by atoms with Crippen LogP contribution in [0.4, 0.5) is 5.69 Å². The van der Waals surface area contributed by atoms with Gasteiger partial charge in [-0.05, 0) is 17.9 Å². The topological polar surface area (TPSA) is 95.5 Å². The zero-order valence-corrected chi connectivity index (χ0v) is 13.7. The molecule has 1 rings (SSSR count). The van der Waals surface area contributed by atoms with Crippen LogP contribution in [0.25, 0.3) is 0 Å². The lowest BCUT2D eigenvalue weighted by Crippen LogP contribution is -2.29. The molecule has 0 heterocycles. The lowest BCUT2D eigenvalue weighted by Gasteiger charge is -2.13. The Morgan fingerprint density at radius 3 is 2.62 bits per heavy atom. The second-order valence-electron chi connectivity index (χ2n) is 4.16. The van der Waals surface area contributed by atoms with Crippen molar-refractivity contribution in [2.45, 2.75) is 18.7 Å². The van der Waals surface area contributed by atoms with Gasteiger partial charge in [0.05, 0.1) is 11.3 Å². The van der Waals surface area contributed by atoms with Gasteiger partial charge in [-0.2, -0.15) is 0 Å². The van der Waals surface area contributed by atoms with E-state index in [4.69, 9.17) is 0 Å². The Morgan fingerprint density at radius 2 is 2.05 bits per heavy atom. The van der Waals surface area contributed by atoms with Crippen LogP contribution in [0, 0.1) is 0 Å². The molecular weight excluding hydrogens is 312 g/mol. The van der Waals surface area contributed by atoms with Crippen molar-refractivity contribution < 1.29 is 18.3 Å². The van der Waals surface area contributed by atoms with Gasteiger partial charge in [0, 0.05) is 23.7 Å². The Hall–Kier alpha value is -1.25. The molecule has 1 aromatic carbocycles. The van der Waals surface area contributed by atoms with Crippen LogP contribution in [-0.2, 0) is 10.0 Å². The van der Waals surface area contributed by atoms with Gasteiger partial charge in [-0.3, -0.25) is 0 Å². The molecule has 3 N–H and O–H groups in total. The van der Waals surface area contributed by atoms with E-state index < -0.39 is 16.0 Å². The highest BCUT2D eigenvalue weighted by molar-refractivity contribution is 7.99. The van der Waals surface area contributed by atoms with Crippen molar-refractivity contribution in [2.24, 2.45) is 0 Å². The molecule has 6 nitrogen and oxygen atoms in total. The third-order valence-electron chi connectivity index (χ3n) is 2.59. The molecule has 118 valence electrons. The predicted octanol–water partition coefficient (Wildman–Crippen LogP) is 1.85. The molecule has 0 bridgehead atoms. The third kappa shape index (κ3) is 5.56. The van der Waals surface area contributed by atoms with Gasteiger partial charge in [0.25, 0.3) is 0 Å². The molecule has 21 heavy (non-hydrogen) atoms. The molecule has 0 aromatic heterocycles. The Labute approximate surface area is 129 Å². The Kier molecular flexibility index (Phi) is 7.00. The van der Waals surface area contributed by atoms with Gasteiger partial charge in [0.1, 0.15) is 0 Å². The second kappa shape index (κ2) is 8.26. The fraction of sp³-hybridized carbons (Fsp3) is 0.462. The number of benzene rings is 1. The fourth-order valence-corrected chi connectivity index (χ4v) is 3.57. The molecule has 1 aromatic rings. The van der Waals surface area contributed by atoms with E-state index >= 15 is 0 Å². The van der Waals surface area contributed by atoms with Gasteiger partial charge >= 0.3 is 5.97 Å². The highest BCUT2D eigenvalue weighted by Gasteiger charge is 2.16. The number of carboxylic acids is 1. The molecule has 0 saturated carbocycles. The summed E-state index contributed by atoms with van der Waals surface area (Å²) in [6.07, 6.45) is 0. The molecule has 0 radical (unpaired) electrons. The molecule has 0 unspecified atom stereocenters. The number of hydrogen-bond acceptors (Lipinski definition) is 5. The van der Waals surface area contributed by atoms with Crippen LogP contribution in [0.5, 0.6) is 0 Å². The van der Waals surface area contributed by atoms with E-state index in [9.17, 15) is 18.3 Å². The maximum atomic E-state index is 11.5. The minimum Gasteiger partial charge on any atom is -0.478 e. The SMILES string of the molecule is CCNS(=O)(=O)CCNc1cccc(SCC)c1C(=O)O. The van der Waals surface area contributed by atoms with Crippen LogP contribution in [-0.4, -0.2) is 44.1 Å². The van der Waals surface area contributed by atoms with Crippen molar-refractivity contribution in [3.05, 3.63) is 23.8 Å². The highest BCUT2D eigenvalue weighted by Crippen LogP contribution is 2.28. The summed E-state index contributed by atoms with van der Waals surface area (Å²) >= 11 is 1.44. The van der Waals surface area contributed by atoms with Crippen molar-refractivity contribution >= 4 is 33.4 Å². The van der Waals surface area contributed by atoms with Crippen LogP contribution in [0.1, 0.15) is 24.2 Å². The monoisotopic (exact) mass is 332 g/mol. The first-order chi connectivity index (χ1) is 9.91. The van der Waals surface area contributed by atoms with Gasteiger partial charge in [0.2, 0.25) is 10.0 Å². The van der Waals surface area contributed by atoms with E-state index in [0.717, 1.165) is 5.75 Å². The largest absolute Gasteiger partial charge is 0.478 e. The smallest absolute Gasteiger partial charge is 0.338 e. The fourth-order valence-electron chi connectivity index (χ4n) is 1.79. The summed E-state index contributed by atoms with van der Waals surface area (Å²) < 4.78 is 25.5. The maximum absolute atomic E-state index is 11.5. The van der Waals surface area contributed by atoms with Gasteiger partial charge in [-0.25, -0.2) is 17.9 Å². The first-order valence-electron chi connectivity index (χ1n) is 6.61. The van der Waals surface area contributed by atoms with Crippen LogP contribution >= 0.6 is 11.8 Å². The number of aromatic carboxylic acids is 1. The van der Waals surface area contributed by atoms with E-state index in [-0.39, 0.29) is 17.9 Å². The van der Waals surface area contributed by atoms with Gasteiger partial charge < -0.3 is 10.4 Å². The van der Waals surface area contributed by atoms with Gasteiger partial charge in [-0.1, -0.05) is 19.9 Å². The van der Waals surface area contributed by atoms with E-state index in [1.165, 1.54) is 11.8 Å². The zero-order valence-electron chi connectivity index (χ0n) is 12.0. The molecule has 0 fully saturated rings. The lowest BCUT2D eigenvalue weighted by molar-refractivity contribution is 0.0694. The molecule has 8 heteroatoms. The maximum Gasteiger partial charge on any atom is 0.338 e. The lowest BCUT2D eigenvalue weighted by atomic mass is 10.2. The minimum absolute atomic E-state index is 0.106. The number of anilines is 1. The van der Waals surface area contributed by atoms with Crippen molar-refractivity contribution in [1.29, 1.82) is 0 Å². The summed E-state index contributed by atoms with van der Waals surface area (Å²) in [7, 11) is -3.32. The minimum atomic E-state index is -3.32. The van der Waals surface area contributed by atoms with Crippen LogP contribution in [0.15, 0.2) is 23.1 Å². The molecule has 0 saturated heterocycles. The summed E-state index contributed by atoms with van der Waals surface area (Å²) in [6.45, 7) is 4.14. The van der Waals surface area contributed by atoms with Crippen molar-refractivity contribution in [3.8, 4) is 0 Å². The predicted molar refractivity (Wildman–Crippen MR) is 85.8 cm³/mol. The summed E-state index contributed by atoms with van der Waals surface area (Å²) in [6, 6.07) is 5.15. The molecule has 0 aliphatic heterocycles. The number of nitrogens with one attached hydrogen (secondary N) is 2. The van der Waals surface area contributed by atoms with E-state index in [1.807, 2.05) is 6.92 Å². The van der Waals surface area contributed by atoms with E-state index in [2.05, 4.69) is 10.0 Å². The molecule has 0 atom stereocenters. The summed E-state index contributed by atoms with van der Waals surface area (Å²) in [5.74, 6) is -0.368. The number of rotatable bonds is 9. The van der Waals surface area contributed by atoms with E-state index in [0.29, 0.717) is 17.1 Å². The Bertz CT molecular complexity index is 588. The summed E-state index contributed by atoms with van der Waals surface area (Å²) in [5, 5.41) is 12.2. The van der Waals surface area contributed by atoms with Crippen LogP contribution < -0.4 is 10.0 Å². The number of thioether (sulfide) groups is 1. The van der Waals surface area contributed by atoms with Crippen molar-refractivity contribution in [1.82, 2.24) is 4.72 Å². The Morgan fingerprint density at radius 1 is 1.33 bits per heavy atom. The Balaban J connectivity index is 2.84. The summed E-state index contributed by atoms with van der Waals surface area (Å²) in [5.41, 5.74) is 0.623. The zero-order chi connectivity index (χ0) is 15.9. The van der Waals surface area contributed by atoms with Crippen LogP contribution in [0.3, 0.4) is 0 Å². The van der Waals surface area contributed by atoms with Gasteiger partial charge in [-0.15, -0.1) is 11.8 Å². The number of sulfonamides is 1. The first-order valence-corrected chi connectivity index (χ1v) is 9.25. The second-order valence-corrected chi connectivity index (χ2v) is 7.39. The molecular formula is C13H20N2O4S2. The normalized spacial score (nSPS) is 11.3. The molecule has 0 aliphatic carbocycles.